The number of methoxy groups -OCH3 is 1. The minimum atomic E-state index is -0.872. The van der Waals surface area contributed by atoms with Crippen LogP contribution in [0.1, 0.15) is 17.5 Å². The third-order valence-electron chi connectivity index (χ3n) is 1.37. The zero-order valence-electron chi connectivity index (χ0n) is 6.86. The molecule has 1 aromatic heterocycles. The number of esters is 1. The van der Waals surface area contributed by atoms with Gasteiger partial charge in [0.15, 0.2) is 0 Å². The van der Waals surface area contributed by atoms with Crippen LogP contribution in [0, 0.1) is 0 Å². The van der Waals surface area contributed by atoms with Crippen molar-refractivity contribution < 1.29 is 14.6 Å². The van der Waals surface area contributed by atoms with Gasteiger partial charge >= 0.3 is 5.97 Å². The Morgan fingerprint density at radius 2 is 2.62 bits per heavy atom. The maximum Gasteiger partial charge on any atom is 0.308 e. The summed E-state index contributed by atoms with van der Waals surface area (Å²) in [6.07, 6.45) is 0.653. The molecule has 0 saturated heterocycles. The highest BCUT2D eigenvalue weighted by molar-refractivity contribution is 9.11. The molecular weight excluding hydrogens is 258 g/mol. The molecule has 0 aliphatic carbocycles. The summed E-state index contributed by atoms with van der Waals surface area (Å²) >= 11 is 4.51. The number of aromatic nitrogens is 1. The van der Waals surface area contributed by atoms with E-state index >= 15 is 0 Å². The van der Waals surface area contributed by atoms with Crippen molar-refractivity contribution >= 4 is 33.2 Å². The molecular formula is C7H8BrNO3S. The van der Waals surface area contributed by atoms with Gasteiger partial charge in [-0.2, -0.15) is 0 Å². The molecule has 72 valence electrons. The Morgan fingerprint density at radius 3 is 3.08 bits per heavy atom. The first kappa shape index (κ1) is 10.6. The van der Waals surface area contributed by atoms with E-state index in [1.807, 2.05) is 0 Å². The van der Waals surface area contributed by atoms with E-state index in [1.165, 1.54) is 18.4 Å². The van der Waals surface area contributed by atoms with E-state index in [2.05, 4.69) is 25.7 Å². The molecule has 0 bridgehead atoms. The molecule has 4 nitrogen and oxygen atoms in total. The summed E-state index contributed by atoms with van der Waals surface area (Å²) < 4.78 is 5.24. The summed E-state index contributed by atoms with van der Waals surface area (Å²) in [4.78, 5) is 14.7. The van der Waals surface area contributed by atoms with Crippen LogP contribution in [-0.2, 0) is 9.53 Å². The lowest BCUT2D eigenvalue weighted by Crippen LogP contribution is -2.07. The smallest absolute Gasteiger partial charge is 0.308 e. The van der Waals surface area contributed by atoms with Gasteiger partial charge in [-0.25, -0.2) is 4.98 Å². The van der Waals surface area contributed by atoms with E-state index in [1.54, 1.807) is 6.20 Å². The zero-order valence-corrected chi connectivity index (χ0v) is 9.26. The Bertz CT molecular complexity index is 302. The Balaban J connectivity index is 2.58. The van der Waals surface area contributed by atoms with Gasteiger partial charge in [0.25, 0.3) is 0 Å². The largest absolute Gasteiger partial charge is 0.469 e. The summed E-state index contributed by atoms with van der Waals surface area (Å²) in [5.41, 5.74) is 0. The molecule has 0 amide bonds. The maximum atomic E-state index is 10.8. The molecule has 0 aliphatic heterocycles. The predicted molar refractivity (Wildman–Crippen MR) is 51.4 cm³/mol. The third-order valence-corrected chi connectivity index (χ3v) is 2.95. The van der Waals surface area contributed by atoms with Crippen LogP contribution in [0.15, 0.2) is 9.98 Å². The van der Waals surface area contributed by atoms with Gasteiger partial charge in [0, 0.05) is 0 Å². The van der Waals surface area contributed by atoms with Gasteiger partial charge < -0.3 is 9.84 Å². The first-order valence-electron chi connectivity index (χ1n) is 3.49. The minimum Gasteiger partial charge on any atom is -0.469 e. The Morgan fingerprint density at radius 1 is 1.92 bits per heavy atom. The van der Waals surface area contributed by atoms with Crippen LogP contribution >= 0.6 is 27.3 Å². The van der Waals surface area contributed by atoms with Gasteiger partial charge in [-0.15, -0.1) is 11.3 Å². The van der Waals surface area contributed by atoms with Crippen molar-refractivity contribution in [2.24, 2.45) is 0 Å². The normalized spacial score (nSPS) is 12.5. The number of hydrogen-bond donors (Lipinski definition) is 1. The summed E-state index contributed by atoms with van der Waals surface area (Å²) in [7, 11) is 1.28. The summed E-state index contributed by atoms with van der Waals surface area (Å²) in [5.74, 6) is -0.446. The summed E-state index contributed by atoms with van der Waals surface area (Å²) in [6, 6.07) is 0. The molecule has 6 heteroatoms. The van der Waals surface area contributed by atoms with Crippen LogP contribution in [0.4, 0.5) is 0 Å². The predicted octanol–water partition coefficient (Wildman–Crippen LogP) is 1.50. The fourth-order valence-corrected chi connectivity index (χ4v) is 1.98. The standard InChI is InChI=1S/C7H8BrNO3S/c1-12-6(11)2-4(10)7-9-3-5(8)13-7/h3-4,10H,2H2,1H3/t4-/m1/s1. The van der Waals surface area contributed by atoms with Crippen molar-refractivity contribution in [1.29, 1.82) is 0 Å². The first-order valence-corrected chi connectivity index (χ1v) is 5.10. The highest BCUT2D eigenvalue weighted by Gasteiger charge is 2.16. The Hall–Kier alpha value is -0.460. The molecule has 0 aliphatic rings. The van der Waals surface area contributed by atoms with Crippen molar-refractivity contribution in [1.82, 2.24) is 4.98 Å². The SMILES string of the molecule is COC(=O)C[C@@H](O)c1ncc(Br)s1. The van der Waals surface area contributed by atoms with Crippen LogP contribution < -0.4 is 0 Å². The average Bonchev–Trinajstić information content (AvgIpc) is 2.51. The van der Waals surface area contributed by atoms with E-state index < -0.39 is 12.1 Å². The van der Waals surface area contributed by atoms with Gasteiger partial charge in [-0.3, -0.25) is 4.79 Å². The second-order valence-electron chi connectivity index (χ2n) is 2.30. The van der Waals surface area contributed by atoms with Crippen molar-refractivity contribution in [3.8, 4) is 0 Å². The van der Waals surface area contributed by atoms with Gasteiger partial charge in [0.05, 0.1) is 23.5 Å². The molecule has 1 N–H and O–H groups in total. The summed E-state index contributed by atoms with van der Waals surface area (Å²) in [5, 5.41) is 9.97. The van der Waals surface area contributed by atoms with Crippen LogP contribution in [-0.4, -0.2) is 23.2 Å². The number of carbonyl (C=O) groups excluding carboxylic acids is 1. The van der Waals surface area contributed by atoms with E-state index in [4.69, 9.17) is 0 Å². The third kappa shape index (κ3) is 3.06. The fourth-order valence-electron chi connectivity index (χ4n) is 0.750. The molecule has 0 spiro atoms. The van der Waals surface area contributed by atoms with Crippen LogP contribution in [0.2, 0.25) is 0 Å². The number of nitrogens with zero attached hydrogens (tertiary/aromatic N) is 1. The quantitative estimate of drug-likeness (QED) is 0.842. The van der Waals surface area contributed by atoms with Crippen LogP contribution in [0.25, 0.3) is 0 Å². The van der Waals surface area contributed by atoms with Crippen molar-refractivity contribution in [2.45, 2.75) is 12.5 Å². The number of rotatable bonds is 3. The Kier molecular flexibility index (Phi) is 3.83. The van der Waals surface area contributed by atoms with Gasteiger partial charge in [-0.05, 0) is 15.9 Å². The monoisotopic (exact) mass is 265 g/mol. The fraction of sp³-hybridized carbons (Fsp3) is 0.429. The van der Waals surface area contributed by atoms with Crippen molar-refractivity contribution in [3.63, 3.8) is 0 Å². The molecule has 13 heavy (non-hydrogen) atoms. The highest BCUT2D eigenvalue weighted by atomic mass is 79.9. The first-order chi connectivity index (χ1) is 6.13. The number of aliphatic hydroxyl groups is 1. The average molecular weight is 266 g/mol. The van der Waals surface area contributed by atoms with Gasteiger partial charge in [-0.1, -0.05) is 0 Å². The second kappa shape index (κ2) is 4.69. The lowest BCUT2D eigenvalue weighted by molar-refractivity contribution is -0.142. The van der Waals surface area contributed by atoms with E-state index in [-0.39, 0.29) is 6.42 Å². The maximum absolute atomic E-state index is 10.8. The van der Waals surface area contributed by atoms with Crippen molar-refractivity contribution in [2.75, 3.05) is 7.11 Å². The summed E-state index contributed by atoms with van der Waals surface area (Å²) in [6.45, 7) is 0. The highest BCUT2D eigenvalue weighted by Crippen LogP contribution is 2.26. The number of halogens is 1. The molecule has 1 aromatic rings. The van der Waals surface area contributed by atoms with Crippen LogP contribution in [0.3, 0.4) is 0 Å². The second-order valence-corrected chi connectivity index (χ2v) is 4.74. The molecule has 0 aromatic carbocycles. The number of thiazole rings is 1. The molecule has 0 saturated carbocycles. The molecule has 0 unspecified atom stereocenters. The van der Waals surface area contributed by atoms with E-state index in [9.17, 15) is 9.90 Å². The number of carbonyl (C=O) groups is 1. The topological polar surface area (TPSA) is 59.4 Å². The van der Waals surface area contributed by atoms with Crippen LogP contribution in [0.5, 0.6) is 0 Å². The van der Waals surface area contributed by atoms with Gasteiger partial charge in [0.1, 0.15) is 11.1 Å². The Labute approximate surface area is 87.7 Å². The lowest BCUT2D eigenvalue weighted by atomic mass is 10.3. The lowest BCUT2D eigenvalue weighted by Gasteiger charge is -2.04. The number of hydrogen-bond acceptors (Lipinski definition) is 5. The minimum absolute atomic E-state index is 0.0591. The molecule has 1 rings (SSSR count). The molecule has 1 atom stereocenters. The van der Waals surface area contributed by atoms with E-state index in [0.717, 1.165) is 3.79 Å². The molecule has 1 heterocycles. The van der Waals surface area contributed by atoms with Crippen molar-refractivity contribution in [3.05, 3.63) is 15.0 Å². The van der Waals surface area contributed by atoms with E-state index in [0.29, 0.717) is 5.01 Å². The zero-order chi connectivity index (χ0) is 9.84. The number of ether oxygens (including phenoxy) is 1. The molecule has 0 radical (unpaired) electrons. The number of aliphatic hydroxyl groups excluding tert-OH is 1. The molecule has 0 fully saturated rings. The van der Waals surface area contributed by atoms with Gasteiger partial charge in [0.2, 0.25) is 0 Å².